The van der Waals surface area contributed by atoms with Gasteiger partial charge in [0.2, 0.25) is 5.91 Å². The average Bonchev–Trinajstić information content (AvgIpc) is 3.28. The number of halogens is 4. The van der Waals surface area contributed by atoms with E-state index in [-0.39, 0.29) is 31.0 Å². The number of carbonyl (C=O) groups excluding carboxylic acids is 2. The third kappa shape index (κ3) is 7.16. The van der Waals surface area contributed by atoms with Crippen LogP contribution in [0.2, 0.25) is 20.1 Å². The van der Waals surface area contributed by atoms with E-state index in [1.165, 1.54) is 4.90 Å². The van der Waals surface area contributed by atoms with Crippen LogP contribution >= 0.6 is 46.4 Å². The van der Waals surface area contributed by atoms with E-state index in [0.29, 0.717) is 32.3 Å². The van der Waals surface area contributed by atoms with Crippen LogP contribution in [0.15, 0.2) is 36.4 Å². The third-order valence-electron chi connectivity index (χ3n) is 5.67. The van der Waals surface area contributed by atoms with Crippen molar-refractivity contribution >= 4 is 58.2 Å². The van der Waals surface area contributed by atoms with Gasteiger partial charge in [-0.2, -0.15) is 0 Å². The number of ether oxygens (including phenoxy) is 1. The second-order valence-corrected chi connectivity index (χ2v) is 9.71. The normalized spacial score (nSPS) is 14.7. The van der Waals surface area contributed by atoms with E-state index in [2.05, 4.69) is 5.32 Å². The molecule has 0 bridgehead atoms. The molecule has 1 aliphatic rings. The highest BCUT2D eigenvalue weighted by Gasteiger charge is 2.31. The van der Waals surface area contributed by atoms with Crippen molar-refractivity contribution in [1.82, 2.24) is 10.2 Å². The summed E-state index contributed by atoms with van der Waals surface area (Å²) in [4.78, 5) is 27.9. The molecule has 0 saturated heterocycles. The Kier molecular flexibility index (Phi) is 9.57. The van der Waals surface area contributed by atoms with Gasteiger partial charge in [0.05, 0.1) is 15.1 Å². The average molecular weight is 532 g/mol. The van der Waals surface area contributed by atoms with Crippen molar-refractivity contribution in [3.05, 3.63) is 62.1 Å². The molecule has 33 heavy (non-hydrogen) atoms. The topological polar surface area (TPSA) is 58.6 Å². The van der Waals surface area contributed by atoms with E-state index in [4.69, 9.17) is 51.1 Å². The Hall–Kier alpha value is -1.66. The van der Waals surface area contributed by atoms with Gasteiger partial charge in [-0.3, -0.25) is 9.59 Å². The largest absolute Gasteiger partial charge is 0.482 e. The summed E-state index contributed by atoms with van der Waals surface area (Å²) < 4.78 is 5.66. The molecule has 5 nitrogen and oxygen atoms in total. The Morgan fingerprint density at radius 3 is 2.39 bits per heavy atom. The standard InChI is InChI=1S/C24H26Cl4N2O3/c1-2-21(24(32)29-17-5-3-4-6-17)30(13-15-7-9-18(26)19(27)11-15)23(31)14-33-22-10-8-16(25)12-20(22)28/h7-12,17,21H,2-6,13-14H2,1H3,(H,29,32). The molecular formula is C24H26Cl4N2O3. The lowest BCUT2D eigenvalue weighted by Crippen LogP contribution is -2.52. The highest BCUT2D eigenvalue weighted by Crippen LogP contribution is 2.28. The first-order valence-electron chi connectivity index (χ1n) is 10.9. The van der Waals surface area contributed by atoms with Crippen molar-refractivity contribution in [2.24, 2.45) is 0 Å². The van der Waals surface area contributed by atoms with Crippen molar-refractivity contribution < 1.29 is 14.3 Å². The minimum atomic E-state index is -0.656. The first-order chi connectivity index (χ1) is 15.8. The summed E-state index contributed by atoms with van der Waals surface area (Å²) in [6, 6.07) is 9.42. The molecule has 1 N–H and O–H groups in total. The number of carbonyl (C=O) groups is 2. The van der Waals surface area contributed by atoms with E-state index in [1.807, 2.05) is 6.92 Å². The fourth-order valence-corrected chi connectivity index (χ4v) is 4.72. The third-order valence-corrected chi connectivity index (χ3v) is 6.94. The second-order valence-electron chi connectivity index (χ2n) is 8.05. The van der Waals surface area contributed by atoms with Gasteiger partial charge in [-0.05, 0) is 55.2 Å². The van der Waals surface area contributed by atoms with E-state index in [9.17, 15) is 9.59 Å². The van der Waals surface area contributed by atoms with Gasteiger partial charge in [0.25, 0.3) is 5.91 Å². The van der Waals surface area contributed by atoms with E-state index in [1.54, 1.807) is 36.4 Å². The Bertz CT molecular complexity index is 996. The van der Waals surface area contributed by atoms with Gasteiger partial charge in [-0.1, -0.05) is 72.2 Å². The van der Waals surface area contributed by atoms with Crippen molar-refractivity contribution in [2.75, 3.05) is 6.61 Å². The molecule has 1 saturated carbocycles. The molecule has 0 aromatic heterocycles. The Morgan fingerprint density at radius 2 is 1.76 bits per heavy atom. The SMILES string of the molecule is CCC(C(=O)NC1CCCC1)N(Cc1ccc(Cl)c(Cl)c1)C(=O)COc1ccc(Cl)cc1Cl. The Balaban J connectivity index is 1.79. The summed E-state index contributed by atoms with van der Waals surface area (Å²) in [5.41, 5.74) is 0.759. The maximum Gasteiger partial charge on any atom is 0.261 e. The summed E-state index contributed by atoms with van der Waals surface area (Å²) in [5.74, 6) is -0.171. The van der Waals surface area contributed by atoms with Crippen LogP contribution in [0.4, 0.5) is 0 Å². The van der Waals surface area contributed by atoms with Crippen LogP contribution in [-0.2, 0) is 16.1 Å². The summed E-state index contributed by atoms with van der Waals surface area (Å²) in [5, 5.41) is 4.68. The molecule has 0 heterocycles. The molecule has 1 unspecified atom stereocenters. The van der Waals surface area contributed by atoms with Gasteiger partial charge in [0.15, 0.2) is 6.61 Å². The van der Waals surface area contributed by atoms with Crippen molar-refractivity contribution in [2.45, 2.75) is 57.7 Å². The van der Waals surface area contributed by atoms with Crippen LogP contribution in [0.1, 0.15) is 44.6 Å². The van der Waals surface area contributed by atoms with Crippen LogP contribution in [0.25, 0.3) is 0 Å². The zero-order valence-corrected chi connectivity index (χ0v) is 21.3. The Morgan fingerprint density at radius 1 is 1.03 bits per heavy atom. The Labute approximate surface area is 214 Å². The summed E-state index contributed by atoms with van der Waals surface area (Å²) in [6.45, 7) is 1.78. The van der Waals surface area contributed by atoms with Crippen LogP contribution in [0.5, 0.6) is 5.75 Å². The number of hydrogen-bond acceptors (Lipinski definition) is 3. The molecule has 2 aromatic carbocycles. The second kappa shape index (κ2) is 12.2. The van der Waals surface area contributed by atoms with Gasteiger partial charge in [0.1, 0.15) is 11.8 Å². The maximum atomic E-state index is 13.3. The fraction of sp³-hybridized carbons (Fsp3) is 0.417. The first kappa shape index (κ1) is 26.0. The molecule has 2 aromatic rings. The summed E-state index contributed by atoms with van der Waals surface area (Å²) in [7, 11) is 0. The van der Waals surface area contributed by atoms with Gasteiger partial charge in [0, 0.05) is 17.6 Å². The quantitative estimate of drug-likeness (QED) is 0.399. The van der Waals surface area contributed by atoms with Gasteiger partial charge in [-0.15, -0.1) is 0 Å². The summed E-state index contributed by atoms with van der Waals surface area (Å²) >= 11 is 24.3. The molecule has 0 aliphatic heterocycles. The lowest BCUT2D eigenvalue weighted by Gasteiger charge is -2.31. The molecule has 1 atom stereocenters. The molecule has 3 rings (SSSR count). The summed E-state index contributed by atoms with van der Waals surface area (Å²) in [6.07, 6.45) is 4.57. The number of nitrogens with one attached hydrogen (secondary N) is 1. The number of rotatable bonds is 9. The molecule has 0 radical (unpaired) electrons. The van der Waals surface area contributed by atoms with E-state index in [0.717, 1.165) is 31.2 Å². The lowest BCUT2D eigenvalue weighted by atomic mass is 10.1. The number of nitrogens with zero attached hydrogens (tertiary/aromatic N) is 1. The van der Waals surface area contributed by atoms with Gasteiger partial charge >= 0.3 is 0 Å². The molecule has 2 amide bonds. The predicted molar refractivity (Wildman–Crippen MR) is 133 cm³/mol. The van der Waals surface area contributed by atoms with Gasteiger partial charge < -0.3 is 15.0 Å². The number of benzene rings is 2. The highest BCUT2D eigenvalue weighted by atomic mass is 35.5. The number of hydrogen-bond donors (Lipinski definition) is 1. The zero-order valence-electron chi connectivity index (χ0n) is 18.3. The van der Waals surface area contributed by atoms with Crippen LogP contribution in [-0.4, -0.2) is 35.4 Å². The molecule has 178 valence electrons. The fourth-order valence-electron chi connectivity index (χ4n) is 3.94. The smallest absolute Gasteiger partial charge is 0.261 e. The molecular weight excluding hydrogens is 506 g/mol. The molecule has 9 heteroatoms. The lowest BCUT2D eigenvalue weighted by molar-refractivity contribution is -0.143. The highest BCUT2D eigenvalue weighted by molar-refractivity contribution is 6.42. The zero-order chi connectivity index (χ0) is 24.0. The number of amides is 2. The monoisotopic (exact) mass is 530 g/mol. The van der Waals surface area contributed by atoms with E-state index >= 15 is 0 Å². The maximum absolute atomic E-state index is 13.3. The minimum Gasteiger partial charge on any atom is -0.482 e. The predicted octanol–water partition coefficient (Wildman–Crippen LogP) is 6.55. The van der Waals surface area contributed by atoms with E-state index < -0.39 is 6.04 Å². The van der Waals surface area contributed by atoms with Crippen molar-refractivity contribution in [1.29, 1.82) is 0 Å². The first-order valence-corrected chi connectivity index (χ1v) is 12.4. The molecule has 0 spiro atoms. The van der Waals surface area contributed by atoms with Crippen LogP contribution < -0.4 is 10.1 Å². The molecule has 1 aliphatic carbocycles. The minimum absolute atomic E-state index is 0.151. The van der Waals surface area contributed by atoms with Crippen molar-refractivity contribution in [3.8, 4) is 5.75 Å². The van der Waals surface area contributed by atoms with Gasteiger partial charge in [-0.25, -0.2) is 0 Å². The molecule has 1 fully saturated rings. The van der Waals surface area contributed by atoms with Crippen LogP contribution in [0.3, 0.4) is 0 Å². The van der Waals surface area contributed by atoms with Crippen LogP contribution in [0, 0.1) is 0 Å². The van der Waals surface area contributed by atoms with Crippen molar-refractivity contribution in [3.63, 3.8) is 0 Å².